The number of hydrogen-bond donors (Lipinski definition) is 0. The predicted octanol–water partition coefficient (Wildman–Crippen LogP) is 2.43. The van der Waals surface area contributed by atoms with Gasteiger partial charge < -0.3 is 9.47 Å². The number of ether oxygens (including phenoxy) is 2. The van der Waals surface area contributed by atoms with Crippen molar-refractivity contribution in [2.75, 3.05) is 19.8 Å². The fourth-order valence-corrected chi connectivity index (χ4v) is 1.65. The van der Waals surface area contributed by atoms with Crippen molar-refractivity contribution in [1.29, 1.82) is 0 Å². The van der Waals surface area contributed by atoms with Gasteiger partial charge in [0.15, 0.2) is 0 Å². The Bertz CT molecular complexity index is 262. The molecule has 0 aliphatic carbocycles. The third kappa shape index (κ3) is 3.83. The summed E-state index contributed by atoms with van der Waals surface area (Å²) in [4.78, 5) is 8.94. The molecule has 1 rings (SSSR count). The Morgan fingerprint density at radius 2 is 1.94 bits per heavy atom. The van der Waals surface area contributed by atoms with Gasteiger partial charge in [-0.05, 0) is 20.3 Å². The maximum absolute atomic E-state index is 5.51. The van der Waals surface area contributed by atoms with Gasteiger partial charge in [-0.3, -0.25) is 0 Å². The quantitative estimate of drug-likeness (QED) is 0.722. The molecule has 16 heavy (non-hydrogen) atoms. The van der Waals surface area contributed by atoms with Gasteiger partial charge in [-0.1, -0.05) is 19.8 Å². The molecule has 0 aromatic rings. The number of rotatable bonds is 5. The molecule has 0 fully saturated rings. The maximum Gasteiger partial charge on any atom is 0.209 e. The first kappa shape index (κ1) is 13.0. The molecule has 0 amide bonds. The summed E-state index contributed by atoms with van der Waals surface area (Å²) in [5.41, 5.74) is 0. The first-order valence-electron chi connectivity index (χ1n) is 6.18. The Labute approximate surface area is 97.8 Å². The Morgan fingerprint density at radius 3 is 2.56 bits per heavy atom. The number of aliphatic imine (C=N–C) groups is 2. The molecule has 4 heteroatoms. The van der Waals surface area contributed by atoms with Crippen LogP contribution in [-0.4, -0.2) is 37.6 Å². The normalized spacial score (nSPS) is 20.1. The van der Waals surface area contributed by atoms with Crippen molar-refractivity contribution in [2.24, 2.45) is 9.98 Å². The summed E-state index contributed by atoms with van der Waals surface area (Å²) < 4.78 is 10.9. The van der Waals surface area contributed by atoms with Crippen molar-refractivity contribution in [3.05, 3.63) is 0 Å². The van der Waals surface area contributed by atoms with Crippen LogP contribution in [0.3, 0.4) is 0 Å². The van der Waals surface area contributed by atoms with E-state index in [0.717, 1.165) is 31.1 Å². The SMILES string of the molecule is CCCCC1N=C(OCC)CN=C1OCC. The van der Waals surface area contributed by atoms with E-state index in [1.807, 2.05) is 13.8 Å². The largest absolute Gasteiger partial charge is 0.480 e. The molecule has 0 radical (unpaired) electrons. The van der Waals surface area contributed by atoms with Crippen LogP contribution in [0, 0.1) is 0 Å². The highest BCUT2D eigenvalue weighted by Gasteiger charge is 2.21. The maximum atomic E-state index is 5.51. The number of hydrogen-bond acceptors (Lipinski definition) is 4. The average Bonchev–Trinajstić information content (AvgIpc) is 2.30. The highest BCUT2D eigenvalue weighted by atomic mass is 16.5. The van der Waals surface area contributed by atoms with Crippen LogP contribution in [0.25, 0.3) is 0 Å². The number of unbranched alkanes of at least 4 members (excludes halogenated alkanes) is 1. The minimum absolute atomic E-state index is 0.0650. The molecule has 0 saturated carbocycles. The summed E-state index contributed by atoms with van der Waals surface area (Å²) in [7, 11) is 0. The van der Waals surface area contributed by atoms with Crippen LogP contribution in [0.4, 0.5) is 0 Å². The minimum atomic E-state index is 0.0650. The van der Waals surface area contributed by atoms with Gasteiger partial charge in [-0.2, -0.15) is 0 Å². The molecule has 0 aromatic carbocycles. The van der Waals surface area contributed by atoms with Gasteiger partial charge >= 0.3 is 0 Å². The minimum Gasteiger partial charge on any atom is -0.480 e. The van der Waals surface area contributed by atoms with Crippen LogP contribution < -0.4 is 0 Å². The molecule has 1 heterocycles. The van der Waals surface area contributed by atoms with Gasteiger partial charge in [-0.25, -0.2) is 9.98 Å². The molecule has 4 nitrogen and oxygen atoms in total. The molecule has 1 aliphatic rings. The fourth-order valence-electron chi connectivity index (χ4n) is 1.65. The Hall–Kier alpha value is -1.06. The van der Waals surface area contributed by atoms with Gasteiger partial charge in [0.2, 0.25) is 11.8 Å². The molecule has 1 atom stereocenters. The van der Waals surface area contributed by atoms with Gasteiger partial charge in [0.05, 0.1) is 13.2 Å². The van der Waals surface area contributed by atoms with Gasteiger partial charge in [0.1, 0.15) is 12.6 Å². The molecule has 1 unspecified atom stereocenters. The fraction of sp³-hybridized carbons (Fsp3) is 0.833. The van der Waals surface area contributed by atoms with Crippen LogP contribution in [0.2, 0.25) is 0 Å². The first-order chi connectivity index (χ1) is 7.81. The van der Waals surface area contributed by atoms with Gasteiger partial charge in [-0.15, -0.1) is 0 Å². The Morgan fingerprint density at radius 1 is 1.19 bits per heavy atom. The second-order valence-electron chi connectivity index (χ2n) is 3.70. The third-order valence-corrected chi connectivity index (χ3v) is 2.39. The number of nitrogens with zero attached hydrogens (tertiary/aromatic N) is 2. The van der Waals surface area contributed by atoms with E-state index in [9.17, 15) is 0 Å². The van der Waals surface area contributed by atoms with E-state index in [2.05, 4.69) is 16.9 Å². The lowest BCUT2D eigenvalue weighted by Crippen LogP contribution is -2.30. The van der Waals surface area contributed by atoms with Crippen LogP contribution in [0.5, 0.6) is 0 Å². The van der Waals surface area contributed by atoms with E-state index in [4.69, 9.17) is 9.47 Å². The molecule has 1 aliphatic heterocycles. The second-order valence-corrected chi connectivity index (χ2v) is 3.70. The lowest BCUT2D eigenvalue weighted by atomic mass is 10.1. The second kappa shape index (κ2) is 7.25. The lowest BCUT2D eigenvalue weighted by Gasteiger charge is -2.20. The van der Waals surface area contributed by atoms with E-state index in [-0.39, 0.29) is 6.04 Å². The molecule has 0 bridgehead atoms. The molecule has 92 valence electrons. The van der Waals surface area contributed by atoms with Crippen LogP contribution >= 0.6 is 0 Å². The summed E-state index contributed by atoms with van der Waals surface area (Å²) in [5, 5.41) is 0. The monoisotopic (exact) mass is 226 g/mol. The van der Waals surface area contributed by atoms with Crippen molar-refractivity contribution >= 4 is 11.8 Å². The Kier molecular flexibility index (Phi) is 5.90. The molecule has 0 saturated heterocycles. The van der Waals surface area contributed by atoms with Crippen LogP contribution in [0.1, 0.15) is 40.0 Å². The summed E-state index contributed by atoms with van der Waals surface area (Å²) in [6.45, 7) is 7.94. The van der Waals surface area contributed by atoms with E-state index in [1.54, 1.807) is 0 Å². The smallest absolute Gasteiger partial charge is 0.209 e. The zero-order chi connectivity index (χ0) is 11.8. The van der Waals surface area contributed by atoms with Gasteiger partial charge in [0, 0.05) is 0 Å². The van der Waals surface area contributed by atoms with E-state index >= 15 is 0 Å². The van der Waals surface area contributed by atoms with E-state index in [1.165, 1.54) is 0 Å². The zero-order valence-electron chi connectivity index (χ0n) is 10.5. The van der Waals surface area contributed by atoms with Crippen molar-refractivity contribution in [3.8, 4) is 0 Å². The standard InChI is InChI=1S/C12H22N2O2/c1-4-7-8-10-12(16-6-3)13-9-11(14-10)15-5-2/h10H,4-9H2,1-3H3. The van der Waals surface area contributed by atoms with Crippen molar-refractivity contribution < 1.29 is 9.47 Å². The van der Waals surface area contributed by atoms with E-state index < -0.39 is 0 Å². The lowest BCUT2D eigenvalue weighted by molar-refractivity contribution is 0.291. The third-order valence-electron chi connectivity index (χ3n) is 2.39. The summed E-state index contributed by atoms with van der Waals surface area (Å²) in [5.74, 6) is 1.52. The highest BCUT2D eigenvalue weighted by molar-refractivity contribution is 5.91. The highest BCUT2D eigenvalue weighted by Crippen LogP contribution is 2.12. The summed E-state index contributed by atoms with van der Waals surface area (Å²) in [6.07, 6.45) is 3.29. The van der Waals surface area contributed by atoms with Crippen LogP contribution in [0.15, 0.2) is 9.98 Å². The van der Waals surface area contributed by atoms with Crippen LogP contribution in [-0.2, 0) is 9.47 Å². The molecular formula is C12H22N2O2. The van der Waals surface area contributed by atoms with Gasteiger partial charge in [0.25, 0.3) is 0 Å². The van der Waals surface area contributed by atoms with E-state index in [0.29, 0.717) is 19.8 Å². The summed E-state index contributed by atoms with van der Waals surface area (Å²) >= 11 is 0. The topological polar surface area (TPSA) is 43.2 Å². The predicted molar refractivity (Wildman–Crippen MR) is 66.3 cm³/mol. The molecule has 0 spiro atoms. The first-order valence-corrected chi connectivity index (χ1v) is 6.18. The van der Waals surface area contributed by atoms with Crippen molar-refractivity contribution in [3.63, 3.8) is 0 Å². The molecular weight excluding hydrogens is 204 g/mol. The molecule has 0 N–H and O–H groups in total. The van der Waals surface area contributed by atoms with Crippen molar-refractivity contribution in [1.82, 2.24) is 0 Å². The summed E-state index contributed by atoms with van der Waals surface area (Å²) in [6, 6.07) is 0.0650. The molecule has 0 aromatic heterocycles. The zero-order valence-corrected chi connectivity index (χ0v) is 10.5. The Balaban J connectivity index is 2.59. The van der Waals surface area contributed by atoms with Crippen molar-refractivity contribution in [2.45, 2.75) is 46.1 Å². The average molecular weight is 226 g/mol.